The van der Waals surface area contributed by atoms with Gasteiger partial charge in [0.2, 0.25) is 0 Å². The molecule has 0 saturated carbocycles. The third-order valence-electron chi connectivity index (χ3n) is 4.20. The van der Waals surface area contributed by atoms with Crippen molar-refractivity contribution >= 4 is 0 Å². The average Bonchev–Trinajstić information content (AvgIpc) is 2.42. The molecule has 2 N–H and O–H groups in total. The number of nitrogens with two attached hydrogens (primary N) is 1. The number of hydrogen-bond acceptors (Lipinski definition) is 2. The Balaban J connectivity index is 1.94. The highest BCUT2D eigenvalue weighted by atomic mass is 16.5. The molecule has 0 amide bonds. The minimum absolute atomic E-state index is 0.0465. The summed E-state index contributed by atoms with van der Waals surface area (Å²) in [6.07, 6.45) is 0.887. The second-order valence-electron chi connectivity index (χ2n) is 5.83. The van der Waals surface area contributed by atoms with Gasteiger partial charge in [0.05, 0.1) is 0 Å². The van der Waals surface area contributed by atoms with Gasteiger partial charge in [-0.3, -0.25) is 0 Å². The molecule has 0 saturated heterocycles. The molecule has 1 aliphatic rings. The summed E-state index contributed by atoms with van der Waals surface area (Å²) in [5.74, 6) is 0.928. The molecule has 0 aromatic heterocycles. The lowest BCUT2D eigenvalue weighted by Gasteiger charge is -2.31. The molecule has 0 radical (unpaired) electrons. The molecule has 3 rings (SSSR count). The van der Waals surface area contributed by atoms with Crippen molar-refractivity contribution in [3.8, 4) is 5.75 Å². The molecule has 2 heteroatoms. The second-order valence-corrected chi connectivity index (χ2v) is 5.83. The summed E-state index contributed by atoms with van der Waals surface area (Å²) in [4.78, 5) is 0. The van der Waals surface area contributed by atoms with Gasteiger partial charge < -0.3 is 10.5 Å². The zero-order chi connectivity index (χ0) is 14.3. The van der Waals surface area contributed by atoms with Crippen LogP contribution in [0.15, 0.2) is 36.4 Å². The number of hydrogen-bond donors (Lipinski definition) is 1. The Bertz CT molecular complexity index is 648. The molecule has 104 valence electrons. The monoisotopic (exact) mass is 267 g/mol. The fraction of sp³-hybridized carbons (Fsp3) is 0.333. The van der Waals surface area contributed by atoms with E-state index >= 15 is 0 Å². The van der Waals surface area contributed by atoms with Crippen molar-refractivity contribution in [3.05, 3.63) is 64.2 Å². The molecule has 0 aliphatic carbocycles. The van der Waals surface area contributed by atoms with Gasteiger partial charge in [-0.1, -0.05) is 35.9 Å². The highest BCUT2D eigenvalue weighted by Crippen LogP contribution is 2.40. The van der Waals surface area contributed by atoms with Crippen LogP contribution in [0.2, 0.25) is 0 Å². The molecule has 1 unspecified atom stereocenters. The zero-order valence-corrected chi connectivity index (χ0v) is 12.3. The Kier molecular flexibility index (Phi) is 3.27. The molecule has 1 aliphatic heterocycles. The molecule has 20 heavy (non-hydrogen) atoms. The van der Waals surface area contributed by atoms with Gasteiger partial charge >= 0.3 is 0 Å². The Labute approximate surface area is 120 Å². The van der Waals surface area contributed by atoms with Crippen LogP contribution in [0.25, 0.3) is 0 Å². The third-order valence-corrected chi connectivity index (χ3v) is 4.20. The molecule has 2 aromatic rings. The van der Waals surface area contributed by atoms with Gasteiger partial charge in [-0.2, -0.15) is 0 Å². The van der Waals surface area contributed by atoms with Crippen LogP contribution in [0, 0.1) is 20.8 Å². The highest BCUT2D eigenvalue weighted by molar-refractivity contribution is 5.42. The van der Waals surface area contributed by atoms with Gasteiger partial charge in [0.25, 0.3) is 0 Å². The largest absolute Gasteiger partial charge is 0.485 e. The Morgan fingerprint density at radius 1 is 1.00 bits per heavy atom. The first kappa shape index (κ1) is 13.2. The normalized spacial score (nSPS) is 21.2. The van der Waals surface area contributed by atoms with Gasteiger partial charge in [0.15, 0.2) is 0 Å². The standard InChI is InChI=1S/C18H21NO/c1-11-4-7-17-15(8-11)16(19)10-18(20-17)14-6-5-12(2)13(3)9-14/h4-9,16,18H,10,19H2,1-3H3/t16-,18?/m0/s1. The van der Waals surface area contributed by atoms with E-state index in [0.29, 0.717) is 0 Å². The maximum Gasteiger partial charge on any atom is 0.126 e. The van der Waals surface area contributed by atoms with Gasteiger partial charge in [-0.15, -0.1) is 0 Å². The van der Waals surface area contributed by atoms with Gasteiger partial charge in [-0.25, -0.2) is 0 Å². The summed E-state index contributed by atoms with van der Waals surface area (Å²) in [5.41, 5.74) is 12.5. The van der Waals surface area contributed by atoms with Gasteiger partial charge in [0, 0.05) is 18.0 Å². The fourth-order valence-electron chi connectivity index (χ4n) is 2.79. The van der Waals surface area contributed by atoms with E-state index in [4.69, 9.17) is 10.5 Å². The predicted molar refractivity (Wildman–Crippen MR) is 82.0 cm³/mol. The number of benzene rings is 2. The summed E-state index contributed by atoms with van der Waals surface area (Å²) >= 11 is 0. The summed E-state index contributed by atoms with van der Waals surface area (Å²) < 4.78 is 6.16. The Morgan fingerprint density at radius 3 is 2.55 bits per heavy atom. The maximum absolute atomic E-state index is 6.33. The van der Waals surface area contributed by atoms with Crippen molar-refractivity contribution < 1.29 is 4.74 Å². The zero-order valence-electron chi connectivity index (χ0n) is 12.3. The molecule has 1 heterocycles. The molecular formula is C18H21NO. The van der Waals surface area contributed by atoms with Crippen molar-refractivity contribution in [2.75, 3.05) is 0 Å². The van der Waals surface area contributed by atoms with Gasteiger partial charge in [0.1, 0.15) is 11.9 Å². The van der Waals surface area contributed by atoms with E-state index in [1.165, 1.54) is 22.3 Å². The number of rotatable bonds is 1. The summed E-state index contributed by atoms with van der Waals surface area (Å²) in [6, 6.07) is 12.8. The SMILES string of the molecule is Cc1ccc2c(c1)[C@@H](N)CC(c1ccc(C)c(C)c1)O2. The van der Waals surface area contributed by atoms with Crippen LogP contribution in [0.4, 0.5) is 0 Å². The first-order valence-corrected chi connectivity index (χ1v) is 7.14. The first-order valence-electron chi connectivity index (χ1n) is 7.14. The van der Waals surface area contributed by atoms with E-state index in [-0.39, 0.29) is 12.1 Å². The van der Waals surface area contributed by atoms with Crippen LogP contribution in [0.5, 0.6) is 5.75 Å². The lowest BCUT2D eigenvalue weighted by Crippen LogP contribution is -2.24. The molecule has 2 aromatic carbocycles. The van der Waals surface area contributed by atoms with E-state index in [9.17, 15) is 0 Å². The average molecular weight is 267 g/mol. The van der Waals surface area contributed by atoms with Crippen molar-refractivity contribution in [2.45, 2.75) is 39.3 Å². The highest BCUT2D eigenvalue weighted by Gasteiger charge is 2.27. The van der Waals surface area contributed by atoms with E-state index in [1.54, 1.807) is 0 Å². The minimum Gasteiger partial charge on any atom is -0.485 e. The Morgan fingerprint density at radius 2 is 1.80 bits per heavy atom. The Hall–Kier alpha value is -1.80. The summed E-state index contributed by atoms with van der Waals surface area (Å²) in [7, 11) is 0. The molecule has 2 nitrogen and oxygen atoms in total. The van der Waals surface area contributed by atoms with Crippen molar-refractivity contribution in [1.29, 1.82) is 0 Å². The number of aryl methyl sites for hydroxylation is 3. The number of fused-ring (bicyclic) bond motifs is 1. The van der Waals surface area contributed by atoms with E-state index in [1.807, 2.05) is 6.07 Å². The van der Waals surface area contributed by atoms with Crippen molar-refractivity contribution in [3.63, 3.8) is 0 Å². The summed E-state index contributed by atoms with van der Waals surface area (Å²) in [5, 5.41) is 0. The lowest BCUT2D eigenvalue weighted by atomic mass is 9.91. The van der Waals surface area contributed by atoms with Crippen LogP contribution in [-0.2, 0) is 0 Å². The smallest absolute Gasteiger partial charge is 0.126 e. The van der Waals surface area contributed by atoms with Crippen LogP contribution >= 0.6 is 0 Å². The van der Waals surface area contributed by atoms with Crippen LogP contribution in [-0.4, -0.2) is 0 Å². The van der Waals surface area contributed by atoms with Crippen LogP contribution in [0.3, 0.4) is 0 Å². The minimum atomic E-state index is 0.0465. The third kappa shape index (κ3) is 2.32. The van der Waals surface area contributed by atoms with E-state index in [2.05, 4.69) is 51.1 Å². The van der Waals surface area contributed by atoms with Crippen LogP contribution < -0.4 is 10.5 Å². The summed E-state index contributed by atoms with van der Waals surface area (Å²) in [6.45, 7) is 6.35. The number of ether oxygens (including phenoxy) is 1. The predicted octanol–water partition coefficient (Wildman–Crippen LogP) is 4.14. The van der Waals surface area contributed by atoms with Crippen molar-refractivity contribution in [1.82, 2.24) is 0 Å². The lowest BCUT2D eigenvalue weighted by molar-refractivity contribution is 0.161. The maximum atomic E-state index is 6.33. The second kappa shape index (κ2) is 4.95. The quantitative estimate of drug-likeness (QED) is 0.843. The topological polar surface area (TPSA) is 35.2 Å². The first-order chi connectivity index (χ1) is 9.54. The molecular weight excluding hydrogens is 246 g/mol. The van der Waals surface area contributed by atoms with E-state index in [0.717, 1.165) is 17.7 Å². The van der Waals surface area contributed by atoms with Gasteiger partial charge in [-0.05, 0) is 43.5 Å². The molecule has 0 fully saturated rings. The fourth-order valence-corrected chi connectivity index (χ4v) is 2.79. The molecule has 0 spiro atoms. The van der Waals surface area contributed by atoms with Crippen LogP contribution in [0.1, 0.15) is 46.4 Å². The van der Waals surface area contributed by atoms with E-state index < -0.39 is 0 Å². The molecule has 2 atom stereocenters. The van der Waals surface area contributed by atoms with Crippen molar-refractivity contribution in [2.24, 2.45) is 5.73 Å². The molecule has 0 bridgehead atoms.